The van der Waals surface area contributed by atoms with Gasteiger partial charge in [-0.2, -0.15) is 4.98 Å². The van der Waals surface area contributed by atoms with Crippen molar-refractivity contribution in [1.29, 1.82) is 0 Å². The highest BCUT2D eigenvalue weighted by Gasteiger charge is 2.49. The fraction of sp³-hybridized carbons (Fsp3) is 0.700. The fourth-order valence-electron chi connectivity index (χ4n) is 3.22. The van der Waals surface area contributed by atoms with Crippen molar-refractivity contribution in [3.05, 3.63) is 16.7 Å². The quantitative estimate of drug-likeness (QED) is 0.464. The van der Waals surface area contributed by atoms with Gasteiger partial charge in [0.2, 0.25) is 11.9 Å². The number of ether oxygens (including phenoxy) is 1. The van der Waals surface area contributed by atoms with E-state index in [2.05, 4.69) is 54.1 Å². The third-order valence-corrected chi connectivity index (χ3v) is 10.8. The van der Waals surface area contributed by atoms with Crippen molar-refractivity contribution in [1.82, 2.24) is 19.5 Å². The molecule has 0 spiro atoms. The summed E-state index contributed by atoms with van der Waals surface area (Å²) in [6.07, 6.45) is -0.529. The van der Waals surface area contributed by atoms with Crippen LogP contribution in [0.1, 0.15) is 40.8 Å². The highest BCUT2D eigenvalue weighted by atomic mass is 28.4. The normalized spacial score (nSPS) is 24.4. The number of aromatic amines is 1. The van der Waals surface area contributed by atoms with E-state index in [4.69, 9.17) is 14.9 Å². The molecule has 0 aromatic carbocycles. The number of rotatable bonds is 6. The Labute approximate surface area is 187 Å². The number of aromatic nitrogens is 4. The molecule has 12 heteroatoms. The molecule has 3 heterocycles. The van der Waals surface area contributed by atoms with Crippen LogP contribution in [0.4, 0.5) is 5.95 Å². The molecule has 0 bridgehead atoms. The summed E-state index contributed by atoms with van der Waals surface area (Å²) in [6.45, 7) is 13.8. The van der Waals surface area contributed by atoms with E-state index in [0.717, 1.165) is 0 Å². The maximum absolute atomic E-state index is 12.6. The Kier molecular flexibility index (Phi) is 6.64. The summed E-state index contributed by atoms with van der Waals surface area (Å²) in [7, 11) is -2.25. The predicted octanol–water partition coefficient (Wildman–Crippen LogP) is 1.32. The van der Waals surface area contributed by atoms with Gasteiger partial charge < -0.3 is 20.0 Å². The lowest BCUT2D eigenvalue weighted by Crippen LogP contribution is -2.51. The van der Waals surface area contributed by atoms with Gasteiger partial charge in [0.05, 0.1) is 19.0 Å². The SMILES string of the molecule is CC(C)C(=O)Nc1nc2c(ncn2[C@@H]2O[C@H](CO)[C@H](N)C2O[Si](C)(C)C(C)(C)C)c(=O)[nH]1. The van der Waals surface area contributed by atoms with Gasteiger partial charge in [-0.05, 0) is 18.1 Å². The van der Waals surface area contributed by atoms with Crippen LogP contribution in [-0.2, 0) is 14.0 Å². The smallest absolute Gasteiger partial charge is 0.280 e. The minimum Gasteiger partial charge on any atom is -0.408 e. The number of aliphatic hydroxyl groups excluding tert-OH is 1. The van der Waals surface area contributed by atoms with Crippen LogP contribution >= 0.6 is 0 Å². The second-order valence-electron chi connectivity index (χ2n) is 10.1. The van der Waals surface area contributed by atoms with Crippen LogP contribution < -0.4 is 16.6 Å². The molecule has 1 amide bonds. The van der Waals surface area contributed by atoms with E-state index in [1.54, 1.807) is 18.4 Å². The van der Waals surface area contributed by atoms with Crippen LogP contribution in [-0.4, -0.2) is 63.7 Å². The maximum atomic E-state index is 12.6. The molecule has 5 N–H and O–H groups in total. The molecule has 1 aliphatic heterocycles. The molecule has 2 aromatic rings. The lowest BCUT2D eigenvalue weighted by atomic mass is 10.1. The van der Waals surface area contributed by atoms with Crippen LogP contribution in [0.5, 0.6) is 0 Å². The van der Waals surface area contributed by atoms with Crippen molar-refractivity contribution >= 4 is 31.3 Å². The number of imidazole rings is 1. The maximum Gasteiger partial charge on any atom is 0.280 e. The standard InChI is InChI=1S/C20H34N6O5Si/c1-10(2)16(28)24-19-23-15-13(17(29)25-19)22-9-26(15)18-14(12(21)11(8-27)30-18)31-32(6,7)20(3,4)5/h9-12,14,18,27H,8,21H2,1-7H3,(H2,23,24,25,28,29)/t11-,12+,14?,18-/m1/s1. The molecule has 11 nitrogen and oxygen atoms in total. The first-order valence-corrected chi connectivity index (χ1v) is 13.6. The number of H-pyrrole nitrogens is 1. The summed E-state index contributed by atoms with van der Waals surface area (Å²) in [6, 6.07) is -0.585. The first-order chi connectivity index (χ1) is 14.8. The van der Waals surface area contributed by atoms with Crippen LogP contribution in [0.2, 0.25) is 18.1 Å². The summed E-state index contributed by atoms with van der Waals surface area (Å²) < 4.78 is 14.2. The van der Waals surface area contributed by atoms with Gasteiger partial charge in [0.25, 0.3) is 5.56 Å². The van der Waals surface area contributed by atoms with Gasteiger partial charge in [0.1, 0.15) is 12.2 Å². The van der Waals surface area contributed by atoms with E-state index in [1.165, 1.54) is 6.33 Å². The van der Waals surface area contributed by atoms with Crippen LogP contribution in [0, 0.1) is 5.92 Å². The Hall–Kier alpha value is -2.12. The predicted molar refractivity (Wildman–Crippen MR) is 123 cm³/mol. The van der Waals surface area contributed by atoms with Gasteiger partial charge in [0.15, 0.2) is 25.7 Å². The second-order valence-corrected chi connectivity index (χ2v) is 14.8. The number of carbonyl (C=O) groups is 1. The molecule has 1 unspecified atom stereocenters. The largest absolute Gasteiger partial charge is 0.408 e. The van der Waals surface area contributed by atoms with E-state index in [0.29, 0.717) is 0 Å². The monoisotopic (exact) mass is 466 g/mol. The van der Waals surface area contributed by atoms with Gasteiger partial charge in [-0.1, -0.05) is 34.6 Å². The van der Waals surface area contributed by atoms with Crippen molar-refractivity contribution in [2.45, 2.75) is 77.2 Å². The van der Waals surface area contributed by atoms with Crippen molar-refractivity contribution in [2.24, 2.45) is 11.7 Å². The average Bonchev–Trinajstić information content (AvgIpc) is 3.22. The molecule has 0 radical (unpaired) electrons. The third-order valence-electron chi connectivity index (χ3n) is 6.29. The number of nitrogens with zero attached hydrogens (tertiary/aromatic N) is 3. The van der Waals surface area contributed by atoms with E-state index in [1.807, 2.05) is 0 Å². The first kappa shape index (κ1) is 24.5. The first-order valence-electron chi connectivity index (χ1n) is 10.7. The Morgan fingerprint density at radius 1 is 1.44 bits per heavy atom. The van der Waals surface area contributed by atoms with E-state index < -0.39 is 38.4 Å². The number of amides is 1. The molecule has 0 aliphatic carbocycles. The highest BCUT2D eigenvalue weighted by molar-refractivity contribution is 6.74. The lowest BCUT2D eigenvalue weighted by Gasteiger charge is -2.40. The number of hydrogen-bond acceptors (Lipinski definition) is 8. The number of hydrogen-bond donors (Lipinski definition) is 4. The van der Waals surface area contributed by atoms with Gasteiger partial charge in [-0.3, -0.25) is 24.5 Å². The Morgan fingerprint density at radius 2 is 2.09 bits per heavy atom. The molecule has 1 saturated heterocycles. The molecule has 178 valence electrons. The topological polar surface area (TPSA) is 157 Å². The fourth-order valence-corrected chi connectivity index (χ4v) is 4.53. The Morgan fingerprint density at radius 3 is 2.66 bits per heavy atom. The number of anilines is 1. The number of carbonyl (C=O) groups excluding carboxylic acids is 1. The zero-order valence-electron chi connectivity index (χ0n) is 19.7. The molecule has 0 saturated carbocycles. The number of aliphatic hydroxyl groups is 1. The number of fused-ring (bicyclic) bond motifs is 1. The molecular formula is C20H34N6O5Si. The number of nitrogens with one attached hydrogen (secondary N) is 2. The summed E-state index contributed by atoms with van der Waals surface area (Å²) in [4.78, 5) is 35.8. The van der Waals surface area contributed by atoms with E-state index in [9.17, 15) is 14.7 Å². The molecule has 32 heavy (non-hydrogen) atoms. The average molecular weight is 467 g/mol. The Bertz CT molecular complexity index is 1040. The van der Waals surface area contributed by atoms with Crippen molar-refractivity contribution in [3.8, 4) is 0 Å². The van der Waals surface area contributed by atoms with Gasteiger partial charge in [-0.15, -0.1) is 0 Å². The van der Waals surface area contributed by atoms with E-state index >= 15 is 0 Å². The molecule has 2 aromatic heterocycles. The van der Waals surface area contributed by atoms with Gasteiger partial charge in [-0.25, -0.2) is 4.98 Å². The molecule has 1 aliphatic rings. The zero-order valence-corrected chi connectivity index (χ0v) is 20.7. The van der Waals surface area contributed by atoms with E-state index in [-0.39, 0.29) is 40.6 Å². The lowest BCUT2D eigenvalue weighted by molar-refractivity contribution is -0.118. The summed E-state index contributed by atoms with van der Waals surface area (Å²) in [5.41, 5.74) is 6.26. The van der Waals surface area contributed by atoms with Crippen LogP contribution in [0.25, 0.3) is 11.2 Å². The summed E-state index contributed by atoms with van der Waals surface area (Å²) in [5.74, 6) is -0.548. The van der Waals surface area contributed by atoms with Crippen molar-refractivity contribution in [2.75, 3.05) is 11.9 Å². The summed E-state index contributed by atoms with van der Waals surface area (Å²) >= 11 is 0. The van der Waals surface area contributed by atoms with Crippen LogP contribution in [0.3, 0.4) is 0 Å². The molecule has 4 atom stereocenters. The zero-order chi connectivity index (χ0) is 24.0. The summed E-state index contributed by atoms with van der Waals surface area (Å²) in [5, 5.41) is 12.3. The van der Waals surface area contributed by atoms with Gasteiger partial charge in [0, 0.05) is 5.92 Å². The molecule has 3 rings (SSSR count). The van der Waals surface area contributed by atoms with Crippen LogP contribution in [0.15, 0.2) is 11.1 Å². The minimum atomic E-state index is -2.25. The third kappa shape index (κ3) is 4.50. The Balaban J connectivity index is 2.05. The second kappa shape index (κ2) is 8.67. The minimum absolute atomic E-state index is 0.0193. The number of nitrogens with two attached hydrogens (primary N) is 1. The molecule has 1 fully saturated rings. The molecular weight excluding hydrogens is 432 g/mol. The van der Waals surface area contributed by atoms with Crippen molar-refractivity contribution < 1.29 is 19.1 Å². The highest BCUT2D eigenvalue weighted by Crippen LogP contribution is 2.41. The van der Waals surface area contributed by atoms with Gasteiger partial charge >= 0.3 is 0 Å². The van der Waals surface area contributed by atoms with Crippen molar-refractivity contribution in [3.63, 3.8) is 0 Å².